The van der Waals surface area contributed by atoms with Gasteiger partial charge in [0.05, 0.1) is 5.38 Å². The minimum Gasteiger partial charge on any atom is -0.207 e. The van der Waals surface area contributed by atoms with Crippen molar-refractivity contribution in [3.05, 3.63) is 69.5 Å². The molecule has 0 aliphatic rings. The van der Waals surface area contributed by atoms with Crippen LogP contribution in [-0.2, 0) is 0 Å². The molecule has 0 aromatic heterocycles. The lowest BCUT2D eigenvalue weighted by Crippen LogP contribution is -2.04. The van der Waals surface area contributed by atoms with E-state index in [-0.39, 0.29) is 10.6 Å². The molecule has 20 heavy (non-hydrogen) atoms. The molecule has 7 heteroatoms. The number of rotatable bonds is 2. The molecule has 0 aliphatic heterocycles. The quantitative estimate of drug-likeness (QED) is 0.395. The minimum atomic E-state index is -1.53. The summed E-state index contributed by atoms with van der Waals surface area (Å²) >= 11 is 11.5. The van der Waals surface area contributed by atoms with Gasteiger partial charge in [-0.05, 0) is 17.7 Å². The molecule has 1 unspecified atom stereocenters. The average molecular weight is 327 g/mol. The van der Waals surface area contributed by atoms with Crippen molar-refractivity contribution in [2.24, 2.45) is 0 Å². The third-order valence-corrected chi connectivity index (χ3v) is 3.39. The van der Waals surface area contributed by atoms with Gasteiger partial charge in [-0.25, -0.2) is 22.0 Å². The van der Waals surface area contributed by atoms with Crippen LogP contribution in [0.5, 0.6) is 0 Å². The lowest BCUT2D eigenvalue weighted by atomic mass is 10.0. The second kappa shape index (κ2) is 5.58. The Balaban J connectivity index is 2.57. The predicted molar refractivity (Wildman–Crippen MR) is 65.4 cm³/mol. The summed E-state index contributed by atoms with van der Waals surface area (Å²) in [6.07, 6.45) is 0. The van der Waals surface area contributed by atoms with Crippen molar-refractivity contribution < 1.29 is 22.0 Å². The highest BCUT2D eigenvalue weighted by molar-refractivity contribution is 6.33. The Labute approximate surface area is 120 Å². The Kier molecular flexibility index (Phi) is 4.20. The van der Waals surface area contributed by atoms with E-state index in [2.05, 4.69) is 0 Å². The molecule has 0 bridgehead atoms. The van der Waals surface area contributed by atoms with Crippen molar-refractivity contribution in [3.63, 3.8) is 0 Å². The monoisotopic (exact) mass is 326 g/mol. The third-order valence-electron chi connectivity index (χ3n) is 2.61. The molecule has 0 amide bonds. The van der Waals surface area contributed by atoms with Gasteiger partial charge in [0.1, 0.15) is 17.5 Å². The SMILES string of the molecule is Fc1cc(F)c(C(Cl)c2cc(F)c(F)cc2Cl)c(F)c1. The number of hydrogen-bond donors (Lipinski definition) is 0. The first-order chi connectivity index (χ1) is 9.31. The minimum absolute atomic E-state index is 0.225. The first-order valence-electron chi connectivity index (χ1n) is 5.24. The maximum absolute atomic E-state index is 13.6. The summed E-state index contributed by atoms with van der Waals surface area (Å²) in [6, 6.07) is 2.14. The number of benzene rings is 2. The van der Waals surface area contributed by atoms with Gasteiger partial charge in [-0.1, -0.05) is 11.6 Å². The largest absolute Gasteiger partial charge is 0.207 e. The molecule has 0 fully saturated rings. The van der Waals surface area contributed by atoms with Crippen LogP contribution in [0.15, 0.2) is 24.3 Å². The Morgan fingerprint density at radius 2 is 1.25 bits per heavy atom. The molecular formula is C13H5Cl2F5. The molecule has 1 atom stereocenters. The van der Waals surface area contributed by atoms with Gasteiger partial charge in [0.15, 0.2) is 11.6 Å². The van der Waals surface area contributed by atoms with Crippen LogP contribution >= 0.6 is 23.2 Å². The summed E-state index contributed by atoms with van der Waals surface area (Å²) < 4.78 is 66.1. The van der Waals surface area contributed by atoms with E-state index in [1.54, 1.807) is 0 Å². The molecule has 2 rings (SSSR count). The smallest absolute Gasteiger partial charge is 0.160 e. The van der Waals surface area contributed by atoms with Crippen molar-refractivity contribution in [1.29, 1.82) is 0 Å². The summed E-state index contributed by atoms with van der Waals surface area (Å²) in [6.45, 7) is 0. The highest BCUT2D eigenvalue weighted by atomic mass is 35.5. The first kappa shape index (κ1) is 15.1. The van der Waals surface area contributed by atoms with Gasteiger partial charge in [-0.3, -0.25) is 0 Å². The molecule has 0 saturated carbocycles. The van der Waals surface area contributed by atoms with E-state index in [1.165, 1.54) is 0 Å². The summed E-state index contributed by atoms with van der Waals surface area (Å²) in [5.74, 6) is -6.10. The van der Waals surface area contributed by atoms with Gasteiger partial charge in [-0.15, -0.1) is 11.6 Å². The summed E-state index contributed by atoms with van der Waals surface area (Å²) in [5.41, 5.74) is -0.919. The summed E-state index contributed by atoms with van der Waals surface area (Å²) in [4.78, 5) is 0. The van der Waals surface area contributed by atoms with Gasteiger partial charge >= 0.3 is 0 Å². The van der Waals surface area contributed by atoms with Gasteiger partial charge in [0, 0.05) is 22.7 Å². The van der Waals surface area contributed by atoms with Gasteiger partial charge in [0.25, 0.3) is 0 Å². The zero-order valence-electron chi connectivity index (χ0n) is 9.53. The first-order valence-corrected chi connectivity index (χ1v) is 6.05. The summed E-state index contributed by atoms with van der Waals surface area (Å²) in [5, 5.41) is -1.83. The van der Waals surface area contributed by atoms with E-state index in [0.29, 0.717) is 24.3 Å². The van der Waals surface area contributed by atoms with Gasteiger partial charge in [0.2, 0.25) is 0 Å². The second-order valence-corrected chi connectivity index (χ2v) is 4.78. The molecule has 0 spiro atoms. The van der Waals surface area contributed by atoms with Gasteiger partial charge < -0.3 is 0 Å². The maximum Gasteiger partial charge on any atom is 0.160 e. The molecule has 106 valence electrons. The fourth-order valence-corrected chi connectivity index (χ4v) is 2.39. The molecule has 0 radical (unpaired) electrons. The van der Waals surface area contributed by atoms with Crippen LogP contribution in [-0.4, -0.2) is 0 Å². The van der Waals surface area contributed by atoms with E-state index >= 15 is 0 Å². The Morgan fingerprint density at radius 3 is 1.80 bits per heavy atom. The number of alkyl halides is 1. The fraction of sp³-hybridized carbons (Fsp3) is 0.0769. The average Bonchev–Trinajstić information content (AvgIpc) is 2.32. The molecule has 0 saturated heterocycles. The van der Waals surface area contributed by atoms with E-state index in [0.717, 1.165) is 0 Å². The Morgan fingerprint density at radius 1 is 0.750 bits per heavy atom. The molecule has 0 heterocycles. The Hall–Kier alpha value is -1.33. The maximum atomic E-state index is 13.6. The zero-order valence-corrected chi connectivity index (χ0v) is 11.0. The van der Waals surface area contributed by atoms with E-state index in [9.17, 15) is 22.0 Å². The molecule has 2 aromatic carbocycles. The normalized spacial score (nSPS) is 12.6. The van der Waals surface area contributed by atoms with Crippen LogP contribution in [0.25, 0.3) is 0 Å². The van der Waals surface area contributed by atoms with Crippen LogP contribution in [0.2, 0.25) is 5.02 Å². The van der Waals surface area contributed by atoms with E-state index < -0.39 is 40.0 Å². The molecule has 0 N–H and O–H groups in total. The third kappa shape index (κ3) is 2.74. The topological polar surface area (TPSA) is 0 Å². The van der Waals surface area contributed by atoms with Crippen LogP contribution < -0.4 is 0 Å². The van der Waals surface area contributed by atoms with Crippen molar-refractivity contribution >= 4 is 23.2 Å². The molecule has 0 nitrogen and oxygen atoms in total. The van der Waals surface area contributed by atoms with Crippen molar-refractivity contribution in [3.8, 4) is 0 Å². The number of halogens is 7. The van der Waals surface area contributed by atoms with Crippen LogP contribution in [0.4, 0.5) is 22.0 Å². The van der Waals surface area contributed by atoms with Crippen LogP contribution in [0, 0.1) is 29.1 Å². The van der Waals surface area contributed by atoms with Crippen LogP contribution in [0.1, 0.15) is 16.5 Å². The highest BCUT2D eigenvalue weighted by Crippen LogP contribution is 2.37. The fourth-order valence-electron chi connectivity index (χ4n) is 1.68. The molecule has 0 aliphatic carbocycles. The molecule has 2 aromatic rings. The van der Waals surface area contributed by atoms with Crippen molar-refractivity contribution in [2.75, 3.05) is 0 Å². The number of hydrogen-bond acceptors (Lipinski definition) is 0. The lowest BCUT2D eigenvalue weighted by Gasteiger charge is -2.14. The van der Waals surface area contributed by atoms with E-state index in [1.807, 2.05) is 0 Å². The second-order valence-electron chi connectivity index (χ2n) is 3.93. The van der Waals surface area contributed by atoms with Crippen LogP contribution in [0.3, 0.4) is 0 Å². The highest BCUT2D eigenvalue weighted by Gasteiger charge is 2.24. The lowest BCUT2D eigenvalue weighted by molar-refractivity contribution is 0.505. The Bertz CT molecular complexity index is 649. The molecular weight excluding hydrogens is 322 g/mol. The zero-order chi connectivity index (χ0) is 15.0. The standard InChI is InChI=1S/C13H5Cl2F5/c14-7-4-9(18)8(17)3-6(7)13(15)12-10(19)1-5(16)2-11(12)20/h1-4,13H. The predicted octanol–water partition coefficient (Wildman–Crippen LogP) is 5.36. The summed E-state index contributed by atoms with van der Waals surface area (Å²) in [7, 11) is 0. The van der Waals surface area contributed by atoms with Crippen molar-refractivity contribution in [1.82, 2.24) is 0 Å². The van der Waals surface area contributed by atoms with Crippen molar-refractivity contribution in [2.45, 2.75) is 5.38 Å². The van der Waals surface area contributed by atoms with E-state index in [4.69, 9.17) is 23.2 Å². The van der Waals surface area contributed by atoms with Gasteiger partial charge in [-0.2, -0.15) is 0 Å².